The van der Waals surface area contributed by atoms with Crippen molar-refractivity contribution in [3.05, 3.63) is 51.9 Å². The van der Waals surface area contributed by atoms with Gasteiger partial charge in [-0.1, -0.05) is 28.9 Å². The average molecular weight is 418 g/mol. The molecule has 1 saturated heterocycles. The van der Waals surface area contributed by atoms with Crippen LogP contribution < -0.4 is 5.32 Å². The first-order valence-electron chi connectivity index (χ1n) is 9.87. The molecule has 2 heterocycles. The maximum Gasteiger partial charge on any atom is 0.242 e. The molecule has 0 unspecified atom stereocenters. The number of aryl methyl sites for hydroxylation is 2. The topological polar surface area (TPSA) is 74.0 Å². The molecule has 1 aromatic heterocycles. The second kappa shape index (κ2) is 9.78. The molecule has 3 rings (SSSR count). The van der Waals surface area contributed by atoms with E-state index >= 15 is 0 Å². The van der Waals surface area contributed by atoms with Gasteiger partial charge < -0.3 is 19.6 Å². The Kier molecular flexibility index (Phi) is 7.14. The van der Waals surface area contributed by atoms with Crippen molar-refractivity contribution in [3.63, 3.8) is 0 Å². The molecule has 1 aromatic carbocycles. The highest BCUT2D eigenvalue weighted by molar-refractivity contribution is 6.30. The Balaban J connectivity index is 1.46. The fourth-order valence-electron chi connectivity index (χ4n) is 3.52. The standard InChI is InChI=1S/C21H28ClN5O2/c1-15-19(16(2)29-25-15)5-4-10-24-21(23-3)27-12-11-26(20(28)14-27)13-17-6-8-18(22)9-7-17/h6-9H,4-5,10-14H2,1-3H3,(H,23,24). The Morgan fingerprint density at radius 2 is 2.03 bits per heavy atom. The molecule has 0 bridgehead atoms. The van der Waals surface area contributed by atoms with Gasteiger partial charge in [-0.25, -0.2) is 0 Å². The Morgan fingerprint density at radius 1 is 1.28 bits per heavy atom. The van der Waals surface area contributed by atoms with Gasteiger partial charge in [0.15, 0.2) is 5.96 Å². The molecule has 7 nitrogen and oxygen atoms in total. The number of halogens is 1. The van der Waals surface area contributed by atoms with Crippen LogP contribution in [-0.2, 0) is 17.8 Å². The lowest BCUT2D eigenvalue weighted by Gasteiger charge is -2.36. The van der Waals surface area contributed by atoms with Crippen molar-refractivity contribution in [3.8, 4) is 0 Å². The van der Waals surface area contributed by atoms with Crippen LogP contribution in [0.4, 0.5) is 0 Å². The fraction of sp³-hybridized carbons (Fsp3) is 0.476. The lowest BCUT2D eigenvalue weighted by molar-refractivity contribution is -0.135. The lowest BCUT2D eigenvalue weighted by Crippen LogP contribution is -2.55. The SMILES string of the molecule is CN=C(NCCCc1c(C)noc1C)N1CCN(Cc2ccc(Cl)cc2)C(=O)C1. The summed E-state index contributed by atoms with van der Waals surface area (Å²) in [7, 11) is 1.75. The zero-order valence-corrected chi connectivity index (χ0v) is 18.0. The van der Waals surface area contributed by atoms with Crippen LogP contribution in [0, 0.1) is 13.8 Å². The molecule has 156 valence electrons. The van der Waals surface area contributed by atoms with E-state index in [9.17, 15) is 4.79 Å². The third-order valence-corrected chi connectivity index (χ3v) is 5.44. The summed E-state index contributed by atoms with van der Waals surface area (Å²) in [5.41, 5.74) is 3.21. The van der Waals surface area contributed by atoms with Crippen LogP contribution in [0.5, 0.6) is 0 Å². The first-order chi connectivity index (χ1) is 14.0. The third kappa shape index (κ3) is 5.50. The van der Waals surface area contributed by atoms with Gasteiger partial charge in [-0.05, 0) is 44.4 Å². The molecular weight excluding hydrogens is 390 g/mol. The summed E-state index contributed by atoms with van der Waals surface area (Å²) in [6.07, 6.45) is 1.84. The number of nitrogens with zero attached hydrogens (tertiary/aromatic N) is 4. The number of hydrogen-bond donors (Lipinski definition) is 1. The second-order valence-electron chi connectivity index (χ2n) is 7.24. The molecule has 0 aliphatic carbocycles. The van der Waals surface area contributed by atoms with Gasteiger partial charge in [-0.2, -0.15) is 0 Å². The highest BCUT2D eigenvalue weighted by Crippen LogP contribution is 2.15. The fourth-order valence-corrected chi connectivity index (χ4v) is 3.65. The smallest absolute Gasteiger partial charge is 0.242 e. The van der Waals surface area contributed by atoms with Gasteiger partial charge >= 0.3 is 0 Å². The number of aromatic nitrogens is 1. The van der Waals surface area contributed by atoms with E-state index in [0.717, 1.165) is 48.9 Å². The summed E-state index contributed by atoms with van der Waals surface area (Å²) in [4.78, 5) is 20.9. The third-order valence-electron chi connectivity index (χ3n) is 5.18. The molecule has 8 heteroatoms. The number of nitrogens with one attached hydrogen (secondary N) is 1. The van der Waals surface area contributed by atoms with Crippen molar-refractivity contribution in [2.75, 3.05) is 33.2 Å². The molecule has 1 aliphatic heterocycles. The molecule has 0 spiro atoms. The minimum Gasteiger partial charge on any atom is -0.361 e. The monoisotopic (exact) mass is 417 g/mol. The van der Waals surface area contributed by atoms with Gasteiger partial charge in [-0.3, -0.25) is 9.79 Å². The van der Waals surface area contributed by atoms with Gasteiger partial charge in [0.2, 0.25) is 5.91 Å². The van der Waals surface area contributed by atoms with Gasteiger partial charge in [0.25, 0.3) is 0 Å². The second-order valence-corrected chi connectivity index (χ2v) is 7.68. The number of carbonyl (C=O) groups is 1. The van der Waals surface area contributed by atoms with Crippen molar-refractivity contribution in [2.45, 2.75) is 33.2 Å². The first kappa shape index (κ1) is 21.2. The number of piperazine rings is 1. The van der Waals surface area contributed by atoms with Crippen molar-refractivity contribution in [2.24, 2.45) is 4.99 Å². The largest absolute Gasteiger partial charge is 0.361 e. The first-order valence-corrected chi connectivity index (χ1v) is 10.2. The normalized spacial score (nSPS) is 15.2. The zero-order valence-electron chi connectivity index (χ0n) is 17.2. The number of guanidine groups is 1. The predicted molar refractivity (Wildman–Crippen MR) is 114 cm³/mol. The number of hydrogen-bond acceptors (Lipinski definition) is 4. The van der Waals surface area contributed by atoms with Gasteiger partial charge in [-0.15, -0.1) is 0 Å². The zero-order chi connectivity index (χ0) is 20.8. The van der Waals surface area contributed by atoms with E-state index in [1.165, 1.54) is 5.56 Å². The van der Waals surface area contributed by atoms with Crippen molar-refractivity contribution in [1.29, 1.82) is 0 Å². The summed E-state index contributed by atoms with van der Waals surface area (Å²) < 4.78 is 5.21. The number of carbonyl (C=O) groups excluding carboxylic acids is 1. The minimum atomic E-state index is 0.102. The van der Waals surface area contributed by atoms with Crippen molar-refractivity contribution in [1.82, 2.24) is 20.3 Å². The molecular formula is C21H28ClN5O2. The Morgan fingerprint density at radius 3 is 2.66 bits per heavy atom. The van der Waals surface area contributed by atoms with E-state index in [1.54, 1.807) is 7.05 Å². The highest BCUT2D eigenvalue weighted by atomic mass is 35.5. The van der Waals surface area contributed by atoms with E-state index in [-0.39, 0.29) is 5.91 Å². The Labute approximate surface area is 176 Å². The van der Waals surface area contributed by atoms with Crippen LogP contribution in [0.25, 0.3) is 0 Å². The van der Waals surface area contributed by atoms with E-state index in [2.05, 4.69) is 15.5 Å². The molecule has 2 aromatic rings. The van der Waals surface area contributed by atoms with Crippen LogP contribution in [-0.4, -0.2) is 60.0 Å². The summed E-state index contributed by atoms with van der Waals surface area (Å²) in [6.45, 7) is 7.04. The van der Waals surface area contributed by atoms with Crippen molar-refractivity contribution < 1.29 is 9.32 Å². The molecule has 0 atom stereocenters. The molecule has 29 heavy (non-hydrogen) atoms. The maximum absolute atomic E-state index is 12.6. The van der Waals surface area contributed by atoms with E-state index in [4.69, 9.17) is 16.1 Å². The van der Waals surface area contributed by atoms with E-state index < -0.39 is 0 Å². The molecule has 0 saturated carbocycles. The number of amides is 1. The van der Waals surface area contributed by atoms with Crippen LogP contribution in [0.2, 0.25) is 5.02 Å². The van der Waals surface area contributed by atoms with Crippen LogP contribution in [0.1, 0.15) is 29.0 Å². The molecule has 1 aliphatic rings. The summed E-state index contributed by atoms with van der Waals surface area (Å²) in [6, 6.07) is 7.63. The van der Waals surface area contributed by atoms with E-state index in [0.29, 0.717) is 24.7 Å². The molecule has 0 radical (unpaired) electrons. The highest BCUT2D eigenvalue weighted by Gasteiger charge is 2.25. The predicted octanol–water partition coefficient (Wildman–Crippen LogP) is 2.80. The van der Waals surface area contributed by atoms with Crippen LogP contribution in [0.3, 0.4) is 0 Å². The van der Waals surface area contributed by atoms with Crippen LogP contribution in [0.15, 0.2) is 33.8 Å². The van der Waals surface area contributed by atoms with Crippen LogP contribution >= 0.6 is 11.6 Å². The molecule has 1 fully saturated rings. The van der Waals surface area contributed by atoms with Gasteiger partial charge in [0, 0.05) is 43.8 Å². The average Bonchev–Trinajstić information content (AvgIpc) is 3.03. The Hall–Kier alpha value is -2.54. The molecule has 1 amide bonds. The number of rotatable bonds is 6. The summed E-state index contributed by atoms with van der Waals surface area (Å²) in [5.74, 6) is 1.75. The summed E-state index contributed by atoms with van der Waals surface area (Å²) >= 11 is 5.93. The Bertz CT molecular complexity index is 843. The van der Waals surface area contributed by atoms with Gasteiger partial charge in [0.1, 0.15) is 5.76 Å². The van der Waals surface area contributed by atoms with E-state index in [1.807, 2.05) is 47.9 Å². The minimum absolute atomic E-state index is 0.102. The maximum atomic E-state index is 12.6. The number of benzene rings is 1. The van der Waals surface area contributed by atoms with Gasteiger partial charge in [0.05, 0.1) is 12.2 Å². The quantitative estimate of drug-likeness (QED) is 0.444. The number of aliphatic imine (C=N–C) groups is 1. The lowest BCUT2D eigenvalue weighted by atomic mass is 10.1. The molecule has 1 N–H and O–H groups in total. The summed E-state index contributed by atoms with van der Waals surface area (Å²) in [5, 5.41) is 8.07. The van der Waals surface area contributed by atoms with Crippen molar-refractivity contribution >= 4 is 23.5 Å².